The van der Waals surface area contributed by atoms with E-state index in [0.717, 1.165) is 12.2 Å². The smallest absolute Gasteiger partial charge is 0.0163 e. The molecule has 0 N–H and O–H groups in total. The van der Waals surface area contributed by atoms with Crippen molar-refractivity contribution in [2.24, 2.45) is 0 Å². The van der Waals surface area contributed by atoms with Gasteiger partial charge in [0.05, 0.1) is 0 Å². The van der Waals surface area contributed by atoms with E-state index in [4.69, 9.17) is 0 Å². The normalized spacial score (nSPS) is 11.4. The quantitative estimate of drug-likeness (QED) is 0.501. The maximum absolute atomic E-state index is 2.20. The van der Waals surface area contributed by atoms with Crippen molar-refractivity contribution in [2.75, 3.05) is 5.75 Å². The van der Waals surface area contributed by atoms with Gasteiger partial charge in [-0.15, -0.1) is 11.8 Å². The Morgan fingerprint density at radius 1 is 0.850 bits per heavy atom. The number of thioether (sulfide) groups is 1. The highest BCUT2D eigenvalue weighted by Gasteiger charge is 1.90. The highest BCUT2D eigenvalue weighted by molar-refractivity contribution is 7.99. The molecule has 0 aromatic heterocycles. The maximum Gasteiger partial charge on any atom is 0.0163 e. The van der Waals surface area contributed by atoms with Crippen molar-refractivity contribution in [3.63, 3.8) is 0 Å². The van der Waals surface area contributed by atoms with Crippen molar-refractivity contribution in [2.45, 2.75) is 18.2 Å². The van der Waals surface area contributed by atoms with Crippen LogP contribution in [0.25, 0.3) is 0 Å². The average molecular weight is 280 g/mol. The molecule has 1 heteroatoms. The zero-order chi connectivity index (χ0) is 14.0. The third-order valence-electron chi connectivity index (χ3n) is 2.95. The molecule has 0 heterocycles. The van der Waals surface area contributed by atoms with Crippen molar-refractivity contribution < 1.29 is 0 Å². The zero-order valence-electron chi connectivity index (χ0n) is 11.8. The van der Waals surface area contributed by atoms with Gasteiger partial charge in [0.15, 0.2) is 0 Å². The van der Waals surface area contributed by atoms with Gasteiger partial charge in [0.2, 0.25) is 0 Å². The minimum absolute atomic E-state index is 0.996. The van der Waals surface area contributed by atoms with Crippen molar-refractivity contribution in [3.8, 4) is 0 Å². The fourth-order valence-corrected chi connectivity index (χ4v) is 2.54. The molecule has 0 saturated carbocycles. The van der Waals surface area contributed by atoms with Gasteiger partial charge in [-0.2, -0.15) is 0 Å². The number of rotatable bonds is 6. The molecule has 0 spiro atoms. The highest BCUT2D eigenvalue weighted by Crippen LogP contribution is 2.18. The average Bonchev–Trinajstić information content (AvgIpc) is 2.49. The van der Waals surface area contributed by atoms with Gasteiger partial charge in [-0.25, -0.2) is 0 Å². The summed E-state index contributed by atoms with van der Waals surface area (Å²) in [4.78, 5) is 1.33. The molecule has 0 saturated heterocycles. The maximum atomic E-state index is 2.20. The van der Waals surface area contributed by atoms with Crippen LogP contribution in [0.4, 0.5) is 0 Å². The first kappa shape index (κ1) is 14.7. The summed E-state index contributed by atoms with van der Waals surface area (Å²) in [6, 6.07) is 19.2. The molecule has 0 bridgehead atoms. The van der Waals surface area contributed by atoms with Crippen LogP contribution in [-0.2, 0) is 6.42 Å². The van der Waals surface area contributed by atoms with Gasteiger partial charge in [-0.1, -0.05) is 72.3 Å². The molecule has 2 rings (SSSR count). The monoisotopic (exact) mass is 280 g/mol. The molecule has 0 radical (unpaired) electrons. The number of allylic oxidation sites excluding steroid dienone is 3. The summed E-state index contributed by atoms with van der Waals surface area (Å²) in [7, 11) is 0. The molecular formula is C19H20S. The fourth-order valence-electron chi connectivity index (χ4n) is 1.81. The lowest BCUT2D eigenvalue weighted by Crippen LogP contribution is -1.77. The Labute approximate surface area is 126 Å². The van der Waals surface area contributed by atoms with Crippen LogP contribution in [-0.4, -0.2) is 5.75 Å². The molecular weight excluding hydrogens is 260 g/mol. The second-order valence-corrected chi connectivity index (χ2v) is 5.76. The van der Waals surface area contributed by atoms with Gasteiger partial charge in [0, 0.05) is 10.6 Å². The summed E-state index contributed by atoms with van der Waals surface area (Å²) >= 11 is 1.86. The summed E-state index contributed by atoms with van der Waals surface area (Å²) in [5.74, 6) is 1.01. The first-order valence-corrected chi connectivity index (χ1v) is 7.88. The number of hydrogen-bond donors (Lipinski definition) is 0. The van der Waals surface area contributed by atoms with Crippen LogP contribution in [0.1, 0.15) is 11.1 Å². The van der Waals surface area contributed by atoms with E-state index in [9.17, 15) is 0 Å². The van der Waals surface area contributed by atoms with E-state index in [1.165, 1.54) is 16.0 Å². The molecule has 0 atom stereocenters. The van der Waals surface area contributed by atoms with Crippen molar-refractivity contribution in [1.82, 2.24) is 0 Å². The van der Waals surface area contributed by atoms with E-state index < -0.39 is 0 Å². The molecule has 0 unspecified atom stereocenters. The topological polar surface area (TPSA) is 0 Å². The summed E-state index contributed by atoms with van der Waals surface area (Å²) in [6.07, 6.45) is 9.65. The van der Waals surface area contributed by atoms with Crippen LogP contribution >= 0.6 is 11.8 Å². The summed E-state index contributed by atoms with van der Waals surface area (Å²) in [6.45, 7) is 2.12. The first-order valence-electron chi connectivity index (χ1n) is 6.89. The standard InChI is InChI=1S/C19H20S/c1-17-12-14-19(15-13-17)20-16-8-3-2-5-9-18-10-6-4-7-11-18/h2-8,10-15H,9,16H2,1H3/b5-2-,8-3-. The molecule has 0 nitrogen and oxygen atoms in total. The molecule has 0 aliphatic heterocycles. The highest BCUT2D eigenvalue weighted by atomic mass is 32.2. The lowest BCUT2D eigenvalue weighted by atomic mass is 10.1. The Bertz CT molecular complexity index is 550. The van der Waals surface area contributed by atoms with Gasteiger partial charge >= 0.3 is 0 Å². The third-order valence-corrected chi connectivity index (χ3v) is 3.91. The molecule has 0 aliphatic rings. The van der Waals surface area contributed by atoms with Gasteiger partial charge in [-0.05, 0) is 31.0 Å². The molecule has 0 amide bonds. The number of aryl methyl sites for hydroxylation is 1. The van der Waals surface area contributed by atoms with Crippen LogP contribution in [0.3, 0.4) is 0 Å². The Balaban J connectivity index is 1.68. The summed E-state index contributed by atoms with van der Waals surface area (Å²) in [5.41, 5.74) is 2.67. The lowest BCUT2D eigenvalue weighted by molar-refractivity contribution is 1.27. The third kappa shape index (κ3) is 5.50. The molecule has 0 aliphatic carbocycles. The van der Waals surface area contributed by atoms with Gasteiger partial charge in [0.1, 0.15) is 0 Å². The van der Waals surface area contributed by atoms with E-state index in [-0.39, 0.29) is 0 Å². The van der Waals surface area contributed by atoms with Gasteiger partial charge < -0.3 is 0 Å². The van der Waals surface area contributed by atoms with Crippen LogP contribution in [0.2, 0.25) is 0 Å². The summed E-state index contributed by atoms with van der Waals surface area (Å²) < 4.78 is 0. The summed E-state index contributed by atoms with van der Waals surface area (Å²) in [5, 5.41) is 0. The minimum Gasteiger partial charge on any atom is -0.122 e. The Morgan fingerprint density at radius 2 is 1.55 bits per heavy atom. The fraction of sp³-hybridized carbons (Fsp3) is 0.158. The number of benzene rings is 2. The van der Waals surface area contributed by atoms with E-state index >= 15 is 0 Å². The second kappa shape index (κ2) is 8.44. The number of hydrogen-bond acceptors (Lipinski definition) is 1. The van der Waals surface area contributed by atoms with Crippen molar-refractivity contribution in [1.29, 1.82) is 0 Å². The first-order chi connectivity index (χ1) is 9.84. The SMILES string of the molecule is Cc1ccc(SC/C=C\C=C/Cc2ccccc2)cc1. The largest absolute Gasteiger partial charge is 0.122 e. The lowest BCUT2D eigenvalue weighted by Gasteiger charge is -1.98. The van der Waals surface area contributed by atoms with E-state index in [1.807, 2.05) is 11.8 Å². The molecule has 20 heavy (non-hydrogen) atoms. The van der Waals surface area contributed by atoms with E-state index in [1.54, 1.807) is 0 Å². The van der Waals surface area contributed by atoms with Crippen LogP contribution in [0.15, 0.2) is 83.8 Å². The van der Waals surface area contributed by atoms with E-state index in [2.05, 4.69) is 85.8 Å². The Kier molecular flexibility index (Phi) is 6.19. The molecule has 2 aromatic rings. The van der Waals surface area contributed by atoms with E-state index in [0.29, 0.717) is 0 Å². The minimum atomic E-state index is 0.996. The van der Waals surface area contributed by atoms with Gasteiger partial charge in [0.25, 0.3) is 0 Å². The zero-order valence-corrected chi connectivity index (χ0v) is 12.6. The van der Waals surface area contributed by atoms with Crippen LogP contribution < -0.4 is 0 Å². The predicted molar refractivity (Wildman–Crippen MR) is 90.3 cm³/mol. The second-order valence-electron chi connectivity index (χ2n) is 4.67. The van der Waals surface area contributed by atoms with Crippen LogP contribution in [0.5, 0.6) is 0 Å². The van der Waals surface area contributed by atoms with Gasteiger partial charge in [-0.3, -0.25) is 0 Å². The van der Waals surface area contributed by atoms with Crippen molar-refractivity contribution >= 4 is 11.8 Å². The predicted octanol–water partition coefficient (Wildman–Crippen LogP) is 5.44. The van der Waals surface area contributed by atoms with Crippen LogP contribution in [0, 0.1) is 6.92 Å². The molecule has 0 fully saturated rings. The Morgan fingerprint density at radius 3 is 2.30 bits per heavy atom. The molecule has 102 valence electrons. The molecule has 2 aromatic carbocycles. The Hall–Kier alpha value is -1.73. The van der Waals surface area contributed by atoms with Crippen molar-refractivity contribution in [3.05, 3.63) is 90.0 Å².